The number of esters is 1. The number of carbonyl (C=O) groups excluding carboxylic acids is 2. The van der Waals surface area contributed by atoms with Crippen LogP contribution in [-0.4, -0.2) is 68.2 Å². The number of carbonyl (C=O) groups is 2. The van der Waals surface area contributed by atoms with Crippen molar-refractivity contribution in [2.75, 3.05) is 26.0 Å². The van der Waals surface area contributed by atoms with Crippen LogP contribution in [0.1, 0.15) is 37.1 Å². The van der Waals surface area contributed by atoms with Crippen LogP contribution in [0.5, 0.6) is 0 Å². The van der Waals surface area contributed by atoms with Crippen LogP contribution in [0.4, 0.5) is 10.2 Å². The topological polar surface area (TPSA) is 115 Å². The van der Waals surface area contributed by atoms with Gasteiger partial charge in [0, 0.05) is 35.0 Å². The highest BCUT2D eigenvalue weighted by Gasteiger charge is 2.43. The maximum absolute atomic E-state index is 13.2. The number of fused-ring (bicyclic) bond motifs is 3. The van der Waals surface area contributed by atoms with E-state index in [4.69, 9.17) is 4.74 Å². The molecule has 1 saturated carbocycles. The highest BCUT2D eigenvalue weighted by molar-refractivity contribution is 5.97. The molecule has 11 heteroatoms. The summed E-state index contributed by atoms with van der Waals surface area (Å²) in [5, 5.41) is 7.85. The third kappa shape index (κ3) is 4.99. The van der Waals surface area contributed by atoms with Gasteiger partial charge in [0.05, 0.1) is 23.7 Å². The molecule has 0 saturated heterocycles. The Kier molecular flexibility index (Phi) is 6.55. The number of anilines is 1. The first-order chi connectivity index (χ1) is 17.7. The predicted molar refractivity (Wildman–Crippen MR) is 136 cm³/mol. The Morgan fingerprint density at radius 3 is 2.65 bits per heavy atom. The summed E-state index contributed by atoms with van der Waals surface area (Å²) in [4.78, 5) is 39.5. The van der Waals surface area contributed by atoms with Crippen LogP contribution in [0, 0.1) is 12.8 Å². The Labute approximate surface area is 212 Å². The number of likely N-dealkylation sites (N-methyl/N-ethyl adjacent to an activating group) is 1. The summed E-state index contributed by atoms with van der Waals surface area (Å²) in [6, 6.07) is 5.58. The second-order valence-electron chi connectivity index (χ2n) is 9.58. The van der Waals surface area contributed by atoms with E-state index in [1.165, 1.54) is 6.33 Å². The standard InChI is InChI=1S/C26H28FN7O3/c1-5-22(37-24(35)12-33(3)4)20-6-14(2)18(11-28-20)16-7-15-10-29-23(32-26(36)17-8-19(17)27)9-21(15)34-25(16)30-13-31-34/h6-7,9-11,13,17,19,22H,5,8,12H2,1-4H3,(H,29,32,36)/t17-,19+,22-/m0/s1. The van der Waals surface area contributed by atoms with Gasteiger partial charge in [-0.2, -0.15) is 5.10 Å². The Balaban J connectivity index is 1.47. The fourth-order valence-corrected chi connectivity index (χ4v) is 4.34. The van der Waals surface area contributed by atoms with Gasteiger partial charge in [-0.15, -0.1) is 0 Å². The summed E-state index contributed by atoms with van der Waals surface area (Å²) >= 11 is 0. The number of amides is 1. The Hall–Kier alpha value is -3.99. The van der Waals surface area contributed by atoms with Crippen LogP contribution >= 0.6 is 0 Å². The van der Waals surface area contributed by atoms with E-state index in [1.807, 2.05) is 40.1 Å². The number of alkyl halides is 1. The monoisotopic (exact) mass is 505 g/mol. The van der Waals surface area contributed by atoms with Crippen LogP contribution in [0.15, 0.2) is 36.9 Å². The normalized spacial score (nSPS) is 17.8. The van der Waals surface area contributed by atoms with Gasteiger partial charge in [-0.1, -0.05) is 6.92 Å². The summed E-state index contributed by atoms with van der Waals surface area (Å²) in [6.45, 7) is 4.12. The molecular weight excluding hydrogens is 477 g/mol. The van der Waals surface area contributed by atoms with Crippen molar-refractivity contribution in [3.63, 3.8) is 0 Å². The lowest BCUT2D eigenvalue weighted by Gasteiger charge is -2.19. The smallest absolute Gasteiger partial charge is 0.320 e. The summed E-state index contributed by atoms with van der Waals surface area (Å²) in [5.74, 6) is -0.943. The minimum absolute atomic E-state index is 0.200. The summed E-state index contributed by atoms with van der Waals surface area (Å²) in [6.07, 6.45) is 4.20. The fraction of sp³-hybridized carbons (Fsp3) is 0.385. The number of ether oxygens (including phenoxy) is 1. The molecule has 3 atom stereocenters. The molecule has 1 N–H and O–H groups in total. The predicted octanol–water partition coefficient (Wildman–Crippen LogP) is 3.50. The number of hydrogen-bond acceptors (Lipinski definition) is 8. The molecule has 0 aromatic carbocycles. The van der Waals surface area contributed by atoms with Crippen molar-refractivity contribution in [3.05, 3.63) is 48.2 Å². The second-order valence-corrected chi connectivity index (χ2v) is 9.58. The second kappa shape index (κ2) is 9.81. The van der Waals surface area contributed by atoms with E-state index < -0.39 is 18.2 Å². The van der Waals surface area contributed by atoms with E-state index in [1.54, 1.807) is 27.9 Å². The molecule has 4 aromatic heterocycles. The van der Waals surface area contributed by atoms with Crippen molar-refractivity contribution in [2.24, 2.45) is 5.92 Å². The zero-order valence-electron chi connectivity index (χ0n) is 21.1. The molecule has 1 aliphatic carbocycles. The largest absolute Gasteiger partial charge is 0.455 e. The molecule has 37 heavy (non-hydrogen) atoms. The average Bonchev–Trinajstić information content (AvgIpc) is 3.38. The van der Waals surface area contributed by atoms with Gasteiger partial charge in [-0.3, -0.25) is 19.5 Å². The highest BCUT2D eigenvalue weighted by atomic mass is 19.1. The summed E-state index contributed by atoms with van der Waals surface area (Å²) < 4.78 is 20.6. The number of aromatic nitrogens is 5. The molecular formula is C26H28FN7O3. The van der Waals surface area contributed by atoms with Crippen molar-refractivity contribution < 1.29 is 18.7 Å². The van der Waals surface area contributed by atoms with Crippen LogP contribution in [0.25, 0.3) is 27.7 Å². The van der Waals surface area contributed by atoms with Gasteiger partial charge < -0.3 is 10.1 Å². The third-order valence-electron chi connectivity index (χ3n) is 6.37. The zero-order chi connectivity index (χ0) is 26.3. The van der Waals surface area contributed by atoms with E-state index in [9.17, 15) is 14.0 Å². The Morgan fingerprint density at radius 1 is 1.19 bits per heavy atom. The number of nitrogens with one attached hydrogen (secondary N) is 1. The van der Waals surface area contributed by atoms with Gasteiger partial charge >= 0.3 is 5.97 Å². The molecule has 0 aliphatic heterocycles. The van der Waals surface area contributed by atoms with Crippen LogP contribution < -0.4 is 5.32 Å². The van der Waals surface area contributed by atoms with Crippen molar-refractivity contribution in [1.29, 1.82) is 0 Å². The molecule has 0 unspecified atom stereocenters. The Bertz CT molecular complexity index is 1500. The zero-order valence-corrected chi connectivity index (χ0v) is 21.1. The molecule has 1 amide bonds. The first-order valence-electron chi connectivity index (χ1n) is 12.1. The van der Waals surface area contributed by atoms with E-state index >= 15 is 0 Å². The number of pyridine rings is 3. The molecule has 5 rings (SSSR count). The molecule has 192 valence electrons. The number of aryl methyl sites for hydroxylation is 1. The number of hydrogen-bond donors (Lipinski definition) is 1. The van der Waals surface area contributed by atoms with E-state index in [-0.39, 0.29) is 24.8 Å². The summed E-state index contributed by atoms with van der Waals surface area (Å²) in [7, 11) is 3.63. The third-order valence-corrected chi connectivity index (χ3v) is 6.37. The van der Waals surface area contributed by atoms with Crippen LogP contribution in [0.2, 0.25) is 0 Å². The molecule has 10 nitrogen and oxygen atoms in total. The van der Waals surface area contributed by atoms with Gasteiger partial charge in [0.25, 0.3) is 0 Å². The van der Waals surface area contributed by atoms with E-state index in [0.717, 1.165) is 22.1 Å². The van der Waals surface area contributed by atoms with Crippen molar-refractivity contribution in [1.82, 2.24) is 29.5 Å². The number of halogens is 1. The SMILES string of the molecule is CC[C@H](OC(=O)CN(C)C)c1cc(C)c(-c2cc3cnc(NC(=O)[C@H]4C[C@H]4F)cc3n3ncnc23)cn1. The molecule has 4 aromatic rings. The Morgan fingerprint density at radius 2 is 1.97 bits per heavy atom. The minimum atomic E-state index is -1.08. The molecule has 4 heterocycles. The lowest BCUT2D eigenvalue weighted by Crippen LogP contribution is -2.25. The van der Waals surface area contributed by atoms with Crippen LogP contribution in [-0.2, 0) is 14.3 Å². The quantitative estimate of drug-likeness (QED) is 0.362. The number of nitrogens with zero attached hydrogens (tertiary/aromatic N) is 6. The highest BCUT2D eigenvalue weighted by Crippen LogP contribution is 2.35. The van der Waals surface area contributed by atoms with Crippen molar-refractivity contribution in [3.8, 4) is 11.1 Å². The van der Waals surface area contributed by atoms with Gasteiger partial charge in [-0.25, -0.2) is 18.9 Å². The van der Waals surface area contributed by atoms with E-state index in [0.29, 0.717) is 29.1 Å². The molecule has 0 radical (unpaired) electrons. The van der Waals surface area contributed by atoms with Crippen molar-refractivity contribution >= 4 is 34.2 Å². The molecule has 1 aliphatic rings. The van der Waals surface area contributed by atoms with Gasteiger partial charge in [0.1, 0.15) is 24.4 Å². The number of rotatable bonds is 8. The fourth-order valence-electron chi connectivity index (χ4n) is 4.34. The minimum Gasteiger partial charge on any atom is -0.455 e. The summed E-state index contributed by atoms with van der Waals surface area (Å²) in [5.41, 5.74) is 4.62. The van der Waals surface area contributed by atoms with Crippen LogP contribution in [0.3, 0.4) is 0 Å². The molecule has 0 spiro atoms. The van der Waals surface area contributed by atoms with E-state index in [2.05, 4.69) is 25.4 Å². The average molecular weight is 506 g/mol. The van der Waals surface area contributed by atoms with Gasteiger partial charge in [0.2, 0.25) is 5.91 Å². The maximum Gasteiger partial charge on any atom is 0.320 e. The first-order valence-corrected chi connectivity index (χ1v) is 12.1. The molecule has 0 bridgehead atoms. The van der Waals surface area contributed by atoms with Gasteiger partial charge in [-0.05, 0) is 51.6 Å². The lowest BCUT2D eigenvalue weighted by atomic mass is 10.0. The van der Waals surface area contributed by atoms with Crippen molar-refractivity contribution in [2.45, 2.75) is 39.0 Å². The van der Waals surface area contributed by atoms with Gasteiger partial charge in [0.15, 0.2) is 5.65 Å². The maximum atomic E-state index is 13.2. The lowest BCUT2D eigenvalue weighted by molar-refractivity contribution is -0.150. The molecule has 1 fully saturated rings. The first kappa shape index (κ1) is 24.7.